The Morgan fingerprint density at radius 3 is 2.58 bits per heavy atom. The van der Waals surface area contributed by atoms with E-state index in [-0.39, 0.29) is 11.9 Å². The second-order valence-corrected chi connectivity index (χ2v) is 4.45. The van der Waals surface area contributed by atoms with Crippen molar-refractivity contribution in [1.29, 1.82) is 0 Å². The summed E-state index contributed by atoms with van der Waals surface area (Å²) in [5.41, 5.74) is 1.62. The molecule has 19 heavy (non-hydrogen) atoms. The number of hydrogen-bond donors (Lipinski definition) is 2. The van der Waals surface area contributed by atoms with E-state index in [2.05, 4.69) is 10.3 Å². The minimum atomic E-state index is -0.660. The highest BCUT2D eigenvalue weighted by molar-refractivity contribution is 5.19. The largest absolute Gasteiger partial charge is 0.387 e. The Kier molecular flexibility index (Phi) is 4.60. The number of aromatic nitrogens is 1. The third kappa shape index (κ3) is 3.84. The summed E-state index contributed by atoms with van der Waals surface area (Å²) in [5.74, 6) is -0.300. The predicted octanol–water partition coefficient (Wildman–Crippen LogP) is 2.60. The topological polar surface area (TPSA) is 45.1 Å². The number of halogens is 1. The van der Waals surface area contributed by atoms with Crippen LogP contribution >= 0.6 is 0 Å². The van der Waals surface area contributed by atoms with Gasteiger partial charge in [-0.25, -0.2) is 4.39 Å². The maximum absolute atomic E-state index is 12.8. The molecule has 0 fully saturated rings. The summed E-state index contributed by atoms with van der Waals surface area (Å²) < 4.78 is 12.8. The molecule has 0 aliphatic carbocycles. The lowest BCUT2D eigenvalue weighted by molar-refractivity contribution is 0.170. The molecule has 0 aliphatic heterocycles. The predicted molar refractivity (Wildman–Crippen MR) is 72.0 cm³/mol. The molecule has 1 aromatic carbocycles. The van der Waals surface area contributed by atoms with Gasteiger partial charge in [-0.3, -0.25) is 4.98 Å². The zero-order valence-corrected chi connectivity index (χ0v) is 10.8. The molecule has 0 amide bonds. The van der Waals surface area contributed by atoms with Crippen LogP contribution in [-0.4, -0.2) is 16.6 Å². The first-order chi connectivity index (χ1) is 9.16. The average Bonchev–Trinajstić information content (AvgIpc) is 2.46. The quantitative estimate of drug-likeness (QED) is 0.868. The van der Waals surface area contributed by atoms with Gasteiger partial charge in [0, 0.05) is 18.8 Å². The zero-order valence-electron chi connectivity index (χ0n) is 10.8. The summed E-state index contributed by atoms with van der Waals surface area (Å²) in [6.07, 6.45) is 1.08. The van der Waals surface area contributed by atoms with Crippen molar-refractivity contribution >= 4 is 0 Å². The van der Waals surface area contributed by atoms with E-state index in [1.165, 1.54) is 12.1 Å². The summed E-state index contributed by atoms with van der Waals surface area (Å²) in [7, 11) is 0. The molecule has 0 aliphatic rings. The highest BCUT2D eigenvalue weighted by atomic mass is 19.1. The van der Waals surface area contributed by atoms with Gasteiger partial charge in [0.05, 0.1) is 11.8 Å². The Labute approximate surface area is 112 Å². The van der Waals surface area contributed by atoms with Gasteiger partial charge in [0.2, 0.25) is 0 Å². The van der Waals surface area contributed by atoms with Gasteiger partial charge < -0.3 is 10.4 Å². The summed E-state index contributed by atoms with van der Waals surface area (Å²) in [4.78, 5) is 4.25. The van der Waals surface area contributed by atoms with Gasteiger partial charge in [0.15, 0.2) is 0 Å². The molecule has 100 valence electrons. The Morgan fingerprint density at radius 2 is 1.95 bits per heavy atom. The van der Waals surface area contributed by atoms with Crippen LogP contribution < -0.4 is 5.32 Å². The number of rotatable bonds is 5. The van der Waals surface area contributed by atoms with Gasteiger partial charge >= 0.3 is 0 Å². The first kappa shape index (κ1) is 13.6. The molecule has 1 aromatic heterocycles. The molecule has 0 radical (unpaired) electrons. The lowest BCUT2D eigenvalue weighted by atomic mass is 10.1. The van der Waals surface area contributed by atoms with E-state index in [0.29, 0.717) is 12.1 Å². The molecule has 2 rings (SSSR count). The molecule has 2 atom stereocenters. The van der Waals surface area contributed by atoms with Crippen molar-refractivity contribution in [3.05, 3.63) is 65.7 Å². The highest BCUT2D eigenvalue weighted by Crippen LogP contribution is 2.14. The normalized spacial score (nSPS) is 14.1. The van der Waals surface area contributed by atoms with E-state index >= 15 is 0 Å². The van der Waals surface area contributed by atoms with Gasteiger partial charge in [0.1, 0.15) is 5.82 Å². The minimum absolute atomic E-state index is 0.0521. The van der Waals surface area contributed by atoms with Crippen LogP contribution in [0, 0.1) is 5.82 Å². The fourth-order valence-corrected chi connectivity index (χ4v) is 1.83. The molecule has 0 spiro atoms. The van der Waals surface area contributed by atoms with Crippen LogP contribution in [0.5, 0.6) is 0 Å². The summed E-state index contributed by atoms with van der Waals surface area (Å²) >= 11 is 0. The first-order valence-electron chi connectivity index (χ1n) is 6.24. The number of benzene rings is 1. The summed E-state index contributed by atoms with van der Waals surface area (Å²) in [5, 5.41) is 13.2. The van der Waals surface area contributed by atoms with Crippen LogP contribution in [0.25, 0.3) is 0 Å². The molecule has 0 bridgehead atoms. The monoisotopic (exact) mass is 260 g/mol. The second kappa shape index (κ2) is 6.41. The van der Waals surface area contributed by atoms with Crippen LogP contribution in [0.3, 0.4) is 0 Å². The van der Waals surface area contributed by atoms with Gasteiger partial charge in [-0.1, -0.05) is 18.2 Å². The maximum atomic E-state index is 12.8. The molecule has 3 nitrogen and oxygen atoms in total. The number of pyridine rings is 1. The Morgan fingerprint density at radius 1 is 1.21 bits per heavy atom. The number of aliphatic hydroxyl groups excluding tert-OH is 1. The summed E-state index contributed by atoms with van der Waals surface area (Å²) in [6, 6.07) is 11.7. The van der Waals surface area contributed by atoms with Crippen LogP contribution in [0.2, 0.25) is 0 Å². The molecule has 4 heteroatoms. The van der Waals surface area contributed by atoms with E-state index < -0.39 is 6.10 Å². The van der Waals surface area contributed by atoms with E-state index in [9.17, 15) is 9.50 Å². The van der Waals surface area contributed by atoms with Crippen LogP contribution in [-0.2, 0) is 0 Å². The molecule has 2 aromatic rings. The molecule has 1 unspecified atom stereocenters. The number of nitrogens with one attached hydrogen (secondary N) is 1. The van der Waals surface area contributed by atoms with E-state index in [0.717, 1.165) is 5.69 Å². The zero-order chi connectivity index (χ0) is 13.7. The van der Waals surface area contributed by atoms with Crippen LogP contribution in [0.4, 0.5) is 4.39 Å². The van der Waals surface area contributed by atoms with Gasteiger partial charge in [-0.05, 0) is 36.8 Å². The average molecular weight is 260 g/mol. The molecular weight excluding hydrogens is 243 g/mol. The Bertz CT molecular complexity index is 501. The van der Waals surface area contributed by atoms with Crippen molar-refractivity contribution in [2.75, 3.05) is 6.54 Å². The Hall–Kier alpha value is -1.78. The third-order valence-corrected chi connectivity index (χ3v) is 3.00. The Balaban J connectivity index is 1.90. The highest BCUT2D eigenvalue weighted by Gasteiger charge is 2.11. The molecule has 2 N–H and O–H groups in total. The van der Waals surface area contributed by atoms with Gasteiger partial charge in [-0.15, -0.1) is 0 Å². The van der Waals surface area contributed by atoms with Crippen molar-refractivity contribution in [2.45, 2.75) is 19.1 Å². The van der Waals surface area contributed by atoms with E-state index in [4.69, 9.17) is 0 Å². The lowest BCUT2D eigenvalue weighted by Crippen LogP contribution is -2.25. The maximum Gasteiger partial charge on any atom is 0.123 e. The van der Waals surface area contributed by atoms with Crippen molar-refractivity contribution in [1.82, 2.24) is 10.3 Å². The smallest absolute Gasteiger partial charge is 0.123 e. The van der Waals surface area contributed by atoms with Crippen LogP contribution in [0.1, 0.15) is 30.3 Å². The molecule has 0 saturated carbocycles. The third-order valence-electron chi connectivity index (χ3n) is 3.00. The molecule has 0 saturated heterocycles. The van der Waals surface area contributed by atoms with Gasteiger partial charge in [-0.2, -0.15) is 0 Å². The number of hydrogen-bond acceptors (Lipinski definition) is 3. The van der Waals surface area contributed by atoms with Crippen molar-refractivity contribution in [3.63, 3.8) is 0 Å². The van der Waals surface area contributed by atoms with Crippen LogP contribution in [0.15, 0.2) is 48.7 Å². The molecule has 1 heterocycles. The SMILES string of the molecule is C[C@@H](NCC(O)c1ccc(F)cc1)c1ccccn1. The van der Waals surface area contributed by atoms with Crippen molar-refractivity contribution in [2.24, 2.45) is 0 Å². The fraction of sp³-hybridized carbons (Fsp3) is 0.267. The van der Waals surface area contributed by atoms with Crippen molar-refractivity contribution in [3.8, 4) is 0 Å². The minimum Gasteiger partial charge on any atom is -0.387 e. The molecular formula is C15H17FN2O. The number of aliphatic hydroxyl groups is 1. The van der Waals surface area contributed by atoms with E-state index in [1.807, 2.05) is 25.1 Å². The summed E-state index contributed by atoms with van der Waals surface area (Å²) in [6.45, 7) is 2.38. The lowest BCUT2D eigenvalue weighted by Gasteiger charge is -2.17. The van der Waals surface area contributed by atoms with Crippen molar-refractivity contribution < 1.29 is 9.50 Å². The first-order valence-corrected chi connectivity index (χ1v) is 6.24. The van der Waals surface area contributed by atoms with E-state index in [1.54, 1.807) is 18.3 Å². The fourth-order valence-electron chi connectivity index (χ4n) is 1.83. The van der Waals surface area contributed by atoms with Gasteiger partial charge in [0.25, 0.3) is 0 Å². The second-order valence-electron chi connectivity index (χ2n) is 4.45. The number of nitrogens with zero attached hydrogens (tertiary/aromatic N) is 1. The standard InChI is InChI=1S/C15H17FN2O/c1-11(14-4-2-3-9-17-14)18-10-15(19)12-5-7-13(16)8-6-12/h2-9,11,15,18-19H,10H2,1H3/t11-,15?/m1/s1.